The van der Waals surface area contributed by atoms with Crippen molar-refractivity contribution < 1.29 is 17.9 Å². The van der Waals surface area contributed by atoms with E-state index in [4.69, 9.17) is 4.74 Å². The number of nitrogens with zero attached hydrogens (tertiary/aromatic N) is 4. The van der Waals surface area contributed by atoms with E-state index in [0.29, 0.717) is 44.2 Å². The normalized spacial score (nSPS) is 23.7. The molecule has 23 heavy (non-hydrogen) atoms. The third kappa shape index (κ3) is 3.61. The summed E-state index contributed by atoms with van der Waals surface area (Å²) >= 11 is 0. The Balaban J connectivity index is 1.68. The van der Waals surface area contributed by atoms with Crippen molar-refractivity contribution in [1.82, 2.24) is 15.1 Å². The summed E-state index contributed by atoms with van der Waals surface area (Å²) in [6.07, 6.45) is 0.592. The molecule has 0 aromatic carbocycles. The van der Waals surface area contributed by atoms with Crippen LogP contribution in [0.2, 0.25) is 0 Å². The smallest absolute Gasteiger partial charge is 0.274 e. The largest absolute Gasteiger partial charge is 0.378 e. The fraction of sp³-hybridized carbons (Fsp3) is 0.643. The summed E-state index contributed by atoms with van der Waals surface area (Å²) in [6, 6.07) is 3.27. The SMILES string of the molecule is CN(c1ccc(C(=O)N2CCOCC2)nn1)C1CCS(=O)(=O)C1. The van der Waals surface area contributed by atoms with Crippen LogP contribution < -0.4 is 4.90 Å². The lowest BCUT2D eigenvalue weighted by Gasteiger charge is -2.27. The second kappa shape index (κ2) is 6.40. The summed E-state index contributed by atoms with van der Waals surface area (Å²) in [7, 11) is -1.14. The monoisotopic (exact) mass is 340 g/mol. The van der Waals surface area contributed by atoms with Crippen molar-refractivity contribution in [3.63, 3.8) is 0 Å². The van der Waals surface area contributed by atoms with Gasteiger partial charge in [0.1, 0.15) is 0 Å². The molecular weight excluding hydrogens is 320 g/mol. The molecular formula is C14H20N4O4S. The lowest BCUT2D eigenvalue weighted by molar-refractivity contribution is 0.0298. The number of carbonyl (C=O) groups excluding carboxylic acids is 1. The molecule has 0 aliphatic carbocycles. The second-order valence-corrected chi connectivity index (χ2v) is 8.08. The number of hydrogen-bond donors (Lipinski definition) is 0. The minimum atomic E-state index is -2.95. The van der Waals surface area contributed by atoms with Crippen LogP contribution in [-0.4, -0.2) is 80.3 Å². The zero-order chi connectivity index (χ0) is 16.4. The molecule has 0 spiro atoms. The van der Waals surface area contributed by atoms with Gasteiger partial charge < -0.3 is 14.5 Å². The van der Waals surface area contributed by atoms with Crippen molar-refractivity contribution in [2.24, 2.45) is 0 Å². The van der Waals surface area contributed by atoms with Crippen LogP contribution in [0.5, 0.6) is 0 Å². The lowest BCUT2D eigenvalue weighted by atomic mass is 10.2. The zero-order valence-corrected chi connectivity index (χ0v) is 13.8. The van der Waals surface area contributed by atoms with E-state index in [0.717, 1.165) is 0 Å². The number of rotatable bonds is 3. The maximum absolute atomic E-state index is 12.3. The van der Waals surface area contributed by atoms with Gasteiger partial charge in [-0.05, 0) is 18.6 Å². The predicted molar refractivity (Wildman–Crippen MR) is 84.2 cm³/mol. The van der Waals surface area contributed by atoms with Gasteiger partial charge in [-0.25, -0.2) is 8.42 Å². The zero-order valence-electron chi connectivity index (χ0n) is 13.0. The molecule has 2 aliphatic rings. The molecule has 3 rings (SSSR count). The van der Waals surface area contributed by atoms with Crippen LogP contribution in [0.25, 0.3) is 0 Å². The van der Waals surface area contributed by atoms with Crippen molar-refractivity contribution in [1.29, 1.82) is 0 Å². The summed E-state index contributed by atoms with van der Waals surface area (Å²) in [5.74, 6) is 0.770. The van der Waals surface area contributed by atoms with Crippen LogP contribution in [0.3, 0.4) is 0 Å². The Hall–Kier alpha value is -1.74. The van der Waals surface area contributed by atoms with Gasteiger partial charge in [-0.15, -0.1) is 10.2 Å². The Morgan fingerprint density at radius 3 is 2.61 bits per heavy atom. The molecule has 3 heterocycles. The maximum atomic E-state index is 12.3. The molecule has 9 heteroatoms. The summed E-state index contributed by atoms with van der Waals surface area (Å²) in [5, 5.41) is 8.10. The van der Waals surface area contributed by atoms with Crippen LogP contribution in [0.15, 0.2) is 12.1 Å². The molecule has 1 aromatic rings. The van der Waals surface area contributed by atoms with Crippen LogP contribution >= 0.6 is 0 Å². The number of carbonyl (C=O) groups is 1. The molecule has 1 amide bonds. The van der Waals surface area contributed by atoms with Crippen molar-refractivity contribution in [2.75, 3.05) is 49.8 Å². The van der Waals surface area contributed by atoms with Crippen LogP contribution in [0.4, 0.5) is 5.82 Å². The number of amides is 1. The minimum absolute atomic E-state index is 0.0879. The molecule has 2 aliphatic heterocycles. The number of ether oxygens (including phenoxy) is 1. The van der Waals surface area contributed by atoms with Gasteiger partial charge in [0.2, 0.25) is 0 Å². The number of aromatic nitrogens is 2. The third-order valence-electron chi connectivity index (χ3n) is 4.29. The van der Waals surface area contributed by atoms with E-state index in [2.05, 4.69) is 10.2 Å². The van der Waals surface area contributed by atoms with Crippen molar-refractivity contribution in [2.45, 2.75) is 12.5 Å². The summed E-state index contributed by atoms with van der Waals surface area (Å²) in [5.41, 5.74) is 0.295. The van der Waals surface area contributed by atoms with E-state index in [1.54, 1.807) is 24.1 Å². The molecule has 2 saturated heterocycles. The third-order valence-corrected chi connectivity index (χ3v) is 6.04. The van der Waals surface area contributed by atoms with Crippen LogP contribution in [0, 0.1) is 0 Å². The maximum Gasteiger partial charge on any atom is 0.274 e. The van der Waals surface area contributed by atoms with Crippen molar-refractivity contribution in [3.8, 4) is 0 Å². The highest BCUT2D eigenvalue weighted by Crippen LogP contribution is 2.21. The van der Waals surface area contributed by atoms with E-state index >= 15 is 0 Å². The van der Waals surface area contributed by atoms with E-state index < -0.39 is 9.84 Å². The van der Waals surface area contributed by atoms with E-state index in [9.17, 15) is 13.2 Å². The average Bonchev–Trinajstić information content (AvgIpc) is 2.94. The van der Waals surface area contributed by atoms with Gasteiger partial charge in [0.05, 0.1) is 24.7 Å². The van der Waals surface area contributed by atoms with E-state index in [1.807, 2.05) is 4.90 Å². The molecule has 1 aromatic heterocycles. The molecule has 0 bridgehead atoms. The number of hydrogen-bond acceptors (Lipinski definition) is 7. The first kappa shape index (κ1) is 16.1. The fourth-order valence-electron chi connectivity index (χ4n) is 2.82. The first-order valence-corrected chi connectivity index (χ1v) is 9.42. The molecule has 8 nitrogen and oxygen atoms in total. The Labute approximate surface area is 135 Å². The lowest BCUT2D eigenvalue weighted by Crippen LogP contribution is -2.41. The van der Waals surface area contributed by atoms with Gasteiger partial charge in [-0.2, -0.15) is 0 Å². The Morgan fingerprint density at radius 1 is 1.30 bits per heavy atom. The van der Waals surface area contributed by atoms with Crippen molar-refractivity contribution >= 4 is 21.6 Å². The van der Waals surface area contributed by atoms with Crippen LogP contribution in [-0.2, 0) is 14.6 Å². The van der Waals surface area contributed by atoms with E-state index in [-0.39, 0.29) is 23.5 Å². The van der Waals surface area contributed by atoms with Crippen LogP contribution in [0.1, 0.15) is 16.9 Å². The topological polar surface area (TPSA) is 92.7 Å². The van der Waals surface area contributed by atoms with Gasteiger partial charge >= 0.3 is 0 Å². The van der Waals surface area contributed by atoms with E-state index in [1.165, 1.54) is 0 Å². The highest BCUT2D eigenvalue weighted by molar-refractivity contribution is 7.91. The second-order valence-electron chi connectivity index (χ2n) is 5.85. The van der Waals surface area contributed by atoms with Gasteiger partial charge in [-0.1, -0.05) is 0 Å². The highest BCUT2D eigenvalue weighted by Gasteiger charge is 2.31. The summed E-state index contributed by atoms with van der Waals surface area (Å²) < 4.78 is 28.4. The molecule has 1 atom stereocenters. The minimum Gasteiger partial charge on any atom is -0.378 e. The Morgan fingerprint density at radius 2 is 2.04 bits per heavy atom. The molecule has 2 fully saturated rings. The average molecular weight is 340 g/mol. The fourth-order valence-corrected chi connectivity index (χ4v) is 4.60. The van der Waals surface area contributed by atoms with Gasteiger partial charge in [0, 0.05) is 26.2 Å². The Bertz CT molecular complexity index is 671. The molecule has 0 N–H and O–H groups in total. The Kier molecular flexibility index (Phi) is 4.49. The van der Waals surface area contributed by atoms with Crippen molar-refractivity contribution in [3.05, 3.63) is 17.8 Å². The van der Waals surface area contributed by atoms with Gasteiger partial charge in [0.25, 0.3) is 5.91 Å². The standard InChI is InChI=1S/C14H20N4O4S/c1-17(11-4-9-23(20,21)10-11)13-3-2-12(15-16-13)14(19)18-5-7-22-8-6-18/h2-3,11H,4-10H2,1H3. The summed E-state index contributed by atoms with van der Waals surface area (Å²) in [4.78, 5) is 15.8. The molecule has 0 saturated carbocycles. The van der Waals surface area contributed by atoms with Gasteiger partial charge in [0.15, 0.2) is 21.3 Å². The molecule has 1 unspecified atom stereocenters. The first-order valence-electron chi connectivity index (χ1n) is 7.60. The summed E-state index contributed by atoms with van der Waals surface area (Å²) in [6.45, 7) is 2.19. The highest BCUT2D eigenvalue weighted by atomic mass is 32.2. The number of morpholine rings is 1. The predicted octanol–water partition coefficient (Wildman–Crippen LogP) is -0.428. The number of sulfone groups is 1. The molecule has 126 valence electrons. The number of anilines is 1. The quantitative estimate of drug-likeness (QED) is 0.737. The van der Waals surface area contributed by atoms with Gasteiger partial charge in [-0.3, -0.25) is 4.79 Å². The molecule has 0 radical (unpaired) electrons. The first-order chi connectivity index (χ1) is 11.0.